The summed E-state index contributed by atoms with van der Waals surface area (Å²) in [5, 5.41) is 11.9. The van der Waals surface area contributed by atoms with Gasteiger partial charge in [0.25, 0.3) is 0 Å². The standard InChI is InChI=1S/C9H20N6O/c1-14-12-9(11-13-14)8-15(5-3-4-10)6-7-16-2/h3-8,10H2,1-2H3. The van der Waals surface area contributed by atoms with Gasteiger partial charge in [-0.2, -0.15) is 4.80 Å². The van der Waals surface area contributed by atoms with Crippen molar-refractivity contribution in [1.29, 1.82) is 0 Å². The normalized spacial score (nSPS) is 11.2. The molecule has 0 bridgehead atoms. The molecule has 0 spiro atoms. The fourth-order valence-corrected chi connectivity index (χ4v) is 1.39. The summed E-state index contributed by atoms with van der Waals surface area (Å²) in [6, 6.07) is 0. The Morgan fingerprint density at radius 1 is 1.44 bits per heavy atom. The van der Waals surface area contributed by atoms with E-state index in [0.29, 0.717) is 19.7 Å². The average molecular weight is 228 g/mol. The number of methoxy groups -OCH3 is 1. The van der Waals surface area contributed by atoms with Gasteiger partial charge in [-0.15, -0.1) is 10.2 Å². The Balaban J connectivity index is 2.41. The zero-order valence-corrected chi connectivity index (χ0v) is 9.96. The van der Waals surface area contributed by atoms with E-state index >= 15 is 0 Å². The lowest BCUT2D eigenvalue weighted by atomic mass is 10.3. The van der Waals surface area contributed by atoms with Crippen LogP contribution in [0.5, 0.6) is 0 Å². The number of ether oxygens (including phenoxy) is 1. The first kappa shape index (κ1) is 13.0. The molecule has 0 aliphatic carbocycles. The smallest absolute Gasteiger partial charge is 0.188 e. The molecule has 0 radical (unpaired) electrons. The molecule has 0 unspecified atom stereocenters. The highest BCUT2D eigenvalue weighted by molar-refractivity contribution is 4.77. The molecule has 0 saturated carbocycles. The molecule has 0 atom stereocenters. The van der Waals surface area contributed by atoms with Crippen LogP contribution < -0.4 is 5.73 Å². The van der Waals surface area contributed by atoms with Crippen LogP contribution in [0.1, 0.15) is 12.2 Å². The van der Waals surface area contributed by atoms with Gasteiger partial charge in [0.1, 0.15) is 0 Å². The zero-order valence-electron chi connectivity index (χ0n) is 9.96. The van der Waals surface area contributed by atoms with Gasteiger partial charge in [0.2, 0.25) is 0 Å². The maximum atomic E-state index is 5.50. The minimum Gasteiger partial charge on any atom is -0.383 e. The number of hydrogen-bond acceptors (Lipinski definition) is 6. The summed E-state index contributed by atoms with van der Waals surface area (Å²) >= 11 is 0. The third-order valence-electron chi connectivity index (χ3n) is 2.20. The number of rotatable bonds is 8. The van der Waals surface area contributed by atoms with Gasteiger partial charge in [0.05, 0.1) is 20.2 Å². The quantitative estimate of drug-likeness (QED) is 0.615. The van der Waals surface area contributed by atoms with Crippen molar-refractivity contribution in [3.63, 3.8) is 0 Å². The van der Waals surface area contributed by atoms with E-state index in [1.165, 1.54) is 4.80 Å². The van der Waals surface area contributed by atoms with E-state index in [9.17, 15) is 0 Å². The minimum absolute atomic E-state index is 0.692. The van der Waals surface area contributed by atoms with Gasteiger partial charge in [-0.1, -0.05) is 0 Å². The van der Waals surface area contributed by atoms with Gasteiger partial charge in [-0.05, 0) is 24.7 Å². The van der Waals surface area contributed by atoms with E-state index in [1.807, 2.05) is 0 Å². The Bertz CT molecular complexity index is 281. The van der Waals surface area contributed by atoms with Crippen molar-refractivity contribution in [1.82, 2.24) is 25.1 Å². The number of nitrogens with two attached hydrogens (primary N) is 1. The molecule has 1 aromatic heterocycles. The van der Waals surface area contributed by atoms with Crippen LogP contribution in [0.15, 0.2) is 0 Å². The van der Waals surface area contributed by atoms with Crippen LogP contribution in [0.2, 0.25) is 0 Å². The molecule has 0 fully saturated rings. The van der Waals surface area contributed by atoms with Crippen LogP contribution in [-0.2, 0) is 18.3 Å². The molecule has 1 aromatic rings. The molecule has 16 heavy (non-hydrogen) atoms. The SMILES string of the molecule is COCCN(CCCN)Cc1nnn(C)n1. The van der Waals surface area contributed by atoms with Crippen LogP contribution >= 0.6 is 0 Å². The van der Waals surface area contributed by atoms with E-state index in [-0.39, 0.29) is 0 Å². The lowest BCUT2D eigenvalue weighted by Crippen LogP contribution is -2.29. The third kappa shape index (κ3) is 4.65. The first-order chi connectivity index (χ1) is 7.76. The fourth-order valence-electron chi connectivity index (χ4n) is 1.39. The highest BCUT2D eigenvalue weighted by Crippen LogP contribution is 1.98. The summed E-state index contributed by atoms with van der Waals surface area (Å²) in [4.78, 5) is 3.68. The summed E-state index contributed by atoms with van der Waals surface area (Å²) in [5.41, 5.74) is 5.50. The molecule has 2 N–H and O–H groups in total. The Hall–Kier alpha value is -1.05. The van der Waals surface area contributed by atoms with Crippen LogP contribution in [0.4, 0.5) is 0 Å². The third-order valence-corrected chi connectivity index (χ3v) is 2.20. The van der Waals surface area contributed by atoms with Gasteiger partial charge >= 0.3 is 0 Å². The largest absolute Gasteiger partial charge is 0.383 e. The Morgan fingerprint density at radius 3 is 2.81 bits per heavy atom. The van der Waals surface area contributed by atoms with Crippen molar-refractivity contribution >= 4 is 0 Å². The van der Waals surface area contributed by atoms with Crippen molar-refractivity contribution in [3.05, 3.63) is 5.82 Å². The fraction of sp³-hybridized carbons (Fsp3) is 0.889. The zero-order chi connectivity index (χ0) is 11.8. The summed E-state index contributed by atoms with van der Waals surface area (Å²) in [7, 11) is 3.46. The van der Waals surface area contributed by atoms with E-state index in [2.05, 4.69) is 20.3 Å². The first-order valence-corrected chi connectivity index (χ1v) is 5.40. The lowest BCUT2D eigenvalue weighted by molar-refractivity contribution is 0.142. The highest BCUT2D eigenvalue weighted by atomic mass is 16.5. The number of aryl methyl sites for hydroxylation is 1. The molecule has 0 aromatic carbocycles. The van der Waals surface area contributed by atoms with Gasteiger partial charge in [-0.3, -0.25) is 4.90 Å². The molecule has 7 nitrogen and oxygen atoms in total. The second-order valence-corrected chi connectivity index (χ2v) is 3.61. The predicted octanol–water partition coefficient (Wildman–Crippen LogP) is -0.993. The lowest BCUT2D eigenvalue weighted by Gasteiger charge is -2.19. The Kier molecular flexibility index (Phi) is 5.91. The van der Waals surface area contributed by atoms with Crippen molar-refractivity contribution in [3.8, 4) is 0 Å². The molecule has 7 heteroatoms. The van der Waals surface area contributed by atoms with E-state index in [4.69, 9.17) is 10.5 Å². The molecular formula is C9H20N6O. The van der Waals surface area contributed by atoms with Crippen molar-refractivity contribution in [2.75, 3.05) is 33.4 Å². The van der Waals surface area contributed by atoms with Crippen LogP contribution in [-0.4, -0.2) is 58.5 Å². The van der Waals surface area contributed by atoms with Gasteiger partial charge < -0.3 is 10.5 Å². The summed E-state index contributed by atoms with van der Waals surface area (Å²) in [5.74, 6) is 0.732. The van der Waals surface area contributed by atoms with Crippen LogP contribution in [0, 0.1) is 0 Å². The number of aromatic nitrogens is 4. The molecule has 1 heterocycles. The summed E-state index contributed by atoms with van der Waals surface area (Å²) in [6.45, 7) is 3.87. The summed E-state index contributed by atoms with van der Waals surface area (Å²) in [6.07, 6.45) is 0.962. The monoisotopic (exact) mass is 228 g/mol. The van der Waals surface area contributed by atoms with Crippen LogP contribution in [0.3, 0.4) is 0 Å². The van der Waals surface area contributed by atoms with Crippen molar-refractivity contribution in [2.45, 2.75) is 13.0 Å². The molecular weight excluding hydrogens is 208 g/mol. The maximum absolute atomic E-state index is 5.50. The first-order valence-electron chi connectivity index (χ1n) is 5.40. The average Bonchev–Trinajstić information content (AvgIpc) is 2.68. The van der Waals surface area contributed by atoms with Crippen LogP contribution in [0.25, 0.3) is 0 Å². The predicted molar refractivity (Wildman–Crippen MR) is 59.6 cm³/mol. The van der Waals surface area contributed by atoms with Crippen molar-refractivity contribution in [2.24, 2.45) is 12.8 Å². The van der Waals surface area contributed by atoms with Gasteiger partial charge in [0, 0.05) is 13.7 Å². The minimum atomic E-state index is 0.692. The number of nitrogens with zero attached hydrogens (tertiary/aromatic N) is 5. The van der Waals surface area contributed by atoms with E-state index in [1.54, 1.807) is 14.2 Å². The molecule has 0 aliphatic rings. The molecule has 0 saturated heterocycles. The Morgan fingerprint density at radius 2 is 2.25 bits per heavy atom. The molecule has 0 aliphatic heterocycles. The molecule has 92 valence electrons. The van der Waals surface area contributed by atoms with Crippen molar-refractivity contribution < 1.29 is 4.74 Å². The van der Waals surface area contributed by atoms with E-state index < -0.39 is 0 Å². The second kappa shape index (κ2) is 7.26. The Labute approximate surface area is 95.5 Å². The number of hydrogen-bond donors (Lipinski definition) is 1. The van der Waals surface area contributed by atoms with E-state index in [0.717, 1.165) is 25.3 Å². The summed E-state index contributed by atoms with van der Waals surface area (Å²) < 4.78 is 5.06. The number of tetrazole rings is 1. The molecule has 1 rings (SSSR count). The topological polar surface area (TPSA) is 82.1 Å². The van der Waals surface area contributed by atoms with Gasteiger partial charge in [0.15, 0.2) is 5.82 Å². The second-order valence-electron chi connectivity index (χ2n) is 3.61. The maximum Gasteiger partial charge on any atom is 0.188 e. The highest BCUT2D eigenvalue weighted by Gasteiger charge is 2.08. The molecule has 0 amide bonds. The van der Waals surface area contributed by atoms with Gasteiger partial charge in [-0.25, -0.2) is 0 Å².